The number of amides is 1. The molecule has 0 spiro atoms. The Kier molecular flexibility index (Phi) is 6.65. The lowest BCUT2D eigenvalue weighted by Gasteiger charge is -2.17. The van der Waals surface area contributed by atoms with E-state index in [1.54, 1.807) is 30.8 Å². The summed E-state index contributed by atoms with van der Waals surface area (Å²) in [5.74, 6) is -0.570. The van der Waals surface area contributed by atoms with E-state index in [4.69, 9.17) is 4.74 Å². The molecule has 2 rings (SSSR count). The number of anilines is 1. The van der Waals surface area contributed by atoms with Crippen LogP contribution in [0.5, 0.6) is 0 Å². The number of hydrogen-bond donors (Lipinski definition) is 1. The van der Waals surface area contributed by atoms with Crippen molar-refractivity contribution in [1.82, 2.24) is 0 Å². The fraction of sp³-hybridized carbons (Fsp3) is 0.300. The number of benzene rings is 2. The predicted octanol–water partition coefficient (Wildman–Crippen LogP) is 4.72. The molecule has 25 heavy (non-hydrogen) atoms. The van der Waals surface area contributed by atoms with Crippen molar-refractivity contribution in [3.05, 3.63) is 59.7 Å². The minimum absolute atomic E-state index is 0.282. The molecule has 0 saturated heterocycles. The van der Waals surface area contributed by atoms with Crippen molar-refractivity contribution in [2.24, 2.45) is 0 Å². The Morgan fingerprint density at radius 1 is 1.00 bits per heavy atom. The molecule has 5 heteroatoms. The number of para-hydroxylation sites is 1. The van der Waals surface area contributed by atoms with Crippen molar-refractivity contribution in [1.29, 1.82) is 0 Å². The second-order valence-corrected chi connectivity index (χ2v) is 6.89. The molecule has 1 N–H and O–H groups in total. The molecule has 0 aliphatic heterocycles. The predicted molar refractivity (Wildman–Crippen MR) is 102 cm³/mol. The van der Waals surface area contributed by atoms with Crippen molar-refractivity contribution in [2.45, 2.75) is 37.7 Å². The molecule has 0 aliphatic rings. The monoisotopic (exact) mass is 357 g/mol. The van der Waals surface area contributed by atoms with E-state index in [0.29, 0.717) is 5.56 Å². The topological polar surface area (TPSA) is 55.4 Å². The van der Waals surface area contributed by atoms with Crippen LogP contribution in [0, 0.1) is 0 Å². The first kappa shape index (κ1) is 19.1. The average Bonchev–Trinajstić information content (AvgIpc) is 2.61. The van der Waals surface area contributed by atoms with Gasteiger partial charge in [-0.2, -0.15) is 0 Å². The Bertz CT molecular complexity index is 741. The van der Waals surface area contributed by atoms with Gasteiger partial charge in [-0.25, -0.2) is 4.79 Å². The van der Waals surface area contributed by atoms with Gasteiger partial charge >= 0.3 is 5.97 Å². The smallest absolute Gasteiger partial charge is 0.338 e. The van der Waals surface area contributed by atoms with Gasteiger partial charge in [0.15, 0.2) is 6.10 Å². The van der Waals surface area contributed by atoms with Crippen molar-refractivity contribution < 1.29 is 14.3 Å². The van der Waals surface area contributed by atoms with E-state index in [0.717, 1.165) is 16.1 Å². The number of carbonyl (C=O) groups excluding carboxylic acids is 2. The number of carbonyl (C=O) groups is 2. The largest absolute Gasteiger partial charge is 0.449 e. The molecule has 1 atom stereocenters. The normalized spacial score (nSPS) is 11.9. The van der Waals surface area contributed by atoms with Crippen molar-refractivity contribution in [3.8, 4) is 0 Å². The SMILES string of the molecule is CSc1ccc(C(=O)O[C@@H](C)C(=O)Nc2ccccc2C(C)C)cc1. The van der Waals surface area contributed by atoms with Crippen LogP contribution in [0.2, 0.25) is 0 Å². The highest BCUT2D eigenvalue weighted by atomic mass is 32.2. The number of ether oxygens (including phenoxy) is 1. The molecule has 0 bridgehead atoms. The molecule has 1 amide bonds. The van der Waals surface area contributed by atoms with Crippen molar-refractivity contribution in [2.75, 3.05) is 11.6 Å². The second-order valence-electron chi connectivity index (χ2n) is 6.01. The van der Waals surface area contributed by atoms with Crippen LogP contribution < -0.4 is 5.32 Å². The van der Waals surface area contributed by atoms with Crippen LogP contribution in [0.1, 0.15) is 42.6 Å². The molecule has 0 radical (unpaired) electrons. The van der Waals surface area contributed by atoms with Crippen molar-refractivity contribution in [3.63, 3.8) is 0 Å². The van der Waals surface area contributed by atoms with E-state index in [2.05, 4.69) is 19.2 Å². The summed E-state index contributed by atoms with van der Waals surface area (Å²) in [5, 5.41) is 2.85. The van der Waals surface area contributed by atoms with E-state index in [1.165, 1.54) is 0 Å². The van der Waals surface area contributed by atoms with E-state index < -0.39 is 12.1 Å². The molecule has 0 heterocycles. The Morgan fingerprint density at radius 3 is 2.24 bits per heavy atom. The Morgan fingerprint density at radius 2 is 1.64 bits per heavy atom. The van der Waals surface area contributed by atoms with Gasteiger partial charge in [-0.1, -0.05) is 32.0 Å². The van der Waals surface area contributed by atoms with Gasteiger partial charge < -0.3 is 10.1 Å². The molecule has 0 aliphatic carbocycles. The first-order valence-corrected chi connectivity index (χ1v) is 9.39. The Hall–Kier alpha value is -2.27. The molecular formula is C20H23NO3S. The lowest BCUT2D eigenvalue weighted by atomic mass is 10.0. The molecule has 0 fully saturated rings. The van der Waals surface area contributed by atoms with Crippen molar-refractivity contribution >= 4 is 29.3 Å². The van der Waals surface area contributed by atoms with Crippen LogP contribution >= 0.6 is 11.8 Å². The second kappa shape index (κ2) is 8.72. The van der Waals surface area contributed by atoms with Gasteiger partial charge in [-0.3, -0.25) is 4.79 Å². The van der Waals surface area contributed by atoms with Gasteiger partial charge in [-0.15, -0.1) is 11.8 Å². The van der Waals surface area contributed by atoms with Crippen LogP contribution in [0.4, 0.5) is 5.69 Å². The van der Waals surface area contributed by atoms with Crippen LogP contribution in [0.3, 0.4) is 0 Å². The highest BCUT2D eigenvalue weighted by Crippen LogP contribution is 2.24. The summed E-state index contributed by atoms with van der Waals surface area (Å²) in [6.07, 6.45) is 1.09. The molecule has 0 saturated carbocycles. The van der Waals surface area contributed by atoms with Crippen LogP contribution in [0.25, 0.3) is 0 Å². The molecule has 4 nitrogen and oxygen atoms in total. The standard InChI is InChI=1S/C20H23NO3S/c1-13(2)17-7-5-6-8-18(17)21-19(22)14(3)24-20(23)15-9-11-16(25-4)12-10-15/h5-14H,1-4H3,(H,21,22)/t14-/m0/s1. The van der Waals surface area contributed by atoms with Gasteiger partial charge in [0.2, 0.25) is 0 Å². The third-order valence-electron chi connectivity index (χ3n) is 3.82. The van der Waals surface area contributed by atoms with E-state index >= 15 is 0 Å². The first-order chi connectivity index (χ1) is 11.9. The summed E-state index contributed by atoms with van der Waals surface area (Å²) in [4.78, 5) is 25.6. The van der Waals surface area contributed by atoms with Gasteiger partial charge in [0.25, 0.3) is 5.91 Å². The summed E-state index contributed by atoms with van der Waals surface area (Å²) < 4.78 is 5.29. The quantitative estimate of drug-likeness (QED) is 0.600. The maximum Gasteiger partial charge on any atom is 0.338 e. The molecule has 132 valence electrons. The molecular weight excluding hydrogens is 334 g/mol. The van der Waals surface area contributed by atoms with Gasteiger partial charge in [-0.05, 0) is 55.0 Å². The number of nitrogens with one attached hydrogen (secondary N) is 1. The van der Waals surface area contributed by atoms with Gasteiger partial charge in [0.05, 0.1) is 5.56 Å². The highest BCUT2D eigenvalue weighted by molar-refractivity contribution is 7.98. The Balaban J connectivity index is 2.01. The molecule has 2 aromatic carbocycles. The molecule has 0 unspecified atom stereocenters. The van der Waals surface area contributed by atoms with E-state index in [1.807, 2.05) is 42.7 Å². The summed E-state index contributed by atoms with van der Waals surface area (Å²) in [6.45, 7) is 5.70. The zero-order chi connectivity index (χ0) is 18.4. The fourth-order valence-corrected chi connectivity index (χ4v) is 2.77. The zero-order valence-corrected chi connectivity index (χ0v) is 15.7. The molecule has 0 aromatic heterocycles. The average molecular weight is 357 g/mol. The van der Waals surface area contributed by atoms with Crippen LogP contribution in [-0.2, 0) is 9.53 Å². The minimum Gasteiger partial charge on any atom is -0.449 e. The summed E-state index contributed by atoms with van der Waals surface area (Å²) in [7, 11) is 0. The number of hydrogen-bond acceptors (Lipinski definition) is 4. The summed E-state index contributed by atoms with van der Waals surface area (Å²) >= 11 is 1.60. The van der Waals surface area contributed by atoms with Gasteiger partial charge in [0, 0.05) is 10.6 Å². The Labute approximate surface area is 153 Å². The van der Waals surface area contributed by atoms with Crippen LogP contribution in [-0.4, -0.2) is 24.2 Å². The fourth-order valence-electron chi connectivity index (χ4n) is 2.36. The van der Waals surface area contributed by atoms with Gasteiger partial charge in [0.1, 0.15) is 0 Å². The van der Waals surface area contributed by atoms with E-state index in [9.17, 15) is 9.59 Å². The summed E-state index contributed by atoms with van der Waals surface area (Å²) in [6, 6.07) is 14.7. The number of thioether (sulfide) groups is 1. The lowest BCUT2D eigenvalue weighted by molar-refractivity contribution is -0.123. The number of esters is 1. The lowest BCUT2D eigenvalue weighted by Crippen LogP contribution is -2.30. The highest BCUT2D eigenvalue weighted by Gasteiger charge is 2.20. The summed E-state index contributed by atoms with van der Waals surface area (Å²) in [5.41, 5.74) is 2.22. The third-order valence-corrected chi connectivity index (χ3v) is 4.56. The first-order valence-electron chi connectivity index (χ1n) is 8.17. The maximum absolute atomic E-state index is 12.4. The maximum atomic E-state index is 12.4. The minimum atomic E-state index is -0.882. The molecule has 2 aromatic rings. The van der Waals surface area contributed by atoms with Crippen LogP contribution in [0.15, 0.2) is 53.4 Å². The third kappa shape index (κ3) is 5.10. The zero-order valence-electron chi connectivity index (χ0n) is 14.9. The number of rotatable bonds is 6. The van der Waals surface area contributed by atoms with E-state index in [-0.39, 0.29) is 11.8 Å².